The Balaban J connectivity index is 1.75. The van der Waals surface area contributed by atoms with Gasteiger partial charge in [0.2, 0.25) is 0 Å². The summed E-state index contributed by atoms with van der Waals surface area (Å²) in [7, 11) is -3.67. The quantitative estimate of drug-likeness (QED) is 0.629. The van der Waals surface area contributed by atoms with Gasteiger partial charge in [-0.15, -0.1) is 6.58 Å². The number of benzene rings is 2. The summed E-state index contributed by atoms with van der Waals surface area (Å²) in [6, 6.07) is 12.3. The van der Waals surface area contributed by atoms with Crippen molar-refractivity contribution in [2.75, 3.05) is 11.3 Å². The van der Waals surface area contributed by atoms with E-state index in [2.05, 4.69) is 25.1 Å². The molecule has 1 atom stereocenters. The van der Waals surface area contributed by atoms with Crippen LogP contribution in [0.3, 0.4) is 0 Å². The predicted molar refractivity (Wildman–Crippen MR) is 119 cm³/mol. The fourth-order valence-electron chi connectivity index (χ4n) is 3.83. The second-order valence-corrected chi connectivity index (χ2v) is 9.62. The summed E-state index contributed by atoms with van der Waals surface area (Å²) >= 11 is 0. The molecular formula is C23H28N2O4S. The third kappa shape index (κ3) is 4.84. The van der Waals surface area contributed by atoms with Gasteiger partial charge in [-0.2, -0.15) is 0 Å². The maximum atomic E-state index is 12.7. The molecule has 1 amide bonds. The summed E-state index contributed by atoms with van der Waals surface area (Å²) in [6.45, 7) is 8.05. The van der Waals surface area contributed by atoms with Crippen molar-refractivity contribution < 1.29 is 18.3 Å². The number of carboxylic acid groups (broad SMARTS) is 1. The Labute approximate surface area is 178 Å². The third-order valence-electron chi connectivity index (χ3n) is 5.53. The Morgan fingerprint density at radius 3 is 2.53 bits per heavy atom. The van der Waals surface area contributed by atoms with E-state index in [1.165, 1.54) is 4.90 Å². The highest BCUT2D eigenvalue weighted by Crippen LogP contribution is 2.28. The number of anilines is 1. The van der Waals surface area contributed by atoms with Crippen molar-refractivity contribution in [2.45, 2.75) is 50.0 Å². The smallest absolute Gasteiger partial charge is 0.407 e. The summed E-state index contributed by atoms with van der Waals surface area (Å²) < 4.78 is 28.2. The van der Waals surface area contributed by atoms with Gasteiger partial charge in [0.1, 0.15) is 0 Å². The Hall–Kier alpha value is -2.80. The van der Waals surface area contributed by atoms with Crippen molar-refractivity contribution in [3.63, 3.8) is 0 Å². The molecule has 6 nitrogen and oxygen atoms in total. The van der Waals surface area contributed by atoms with Crippen LogP contribution in [0, 0.1) is 0 Å². The van der Waals surface area contributed by atoms with Crippen molar-refractivity contribution in [3.8, 4) is 0 Å². The van der Waals surface area contributed by atoms with Crippen molar-refractivity contribution in [1.29, 1.82) is 0 Å². The molecule has 3 rings (SSSR count). The Kier molecular flexibility index (Phi) is 6.51. The molecule has 0 aliphatic heterocycles. The number of nitrogens with zero attached hydrogens (tertiary/aromatic N) is 1. The van der Waals surface area contributed by atoms with Gasteiger partial charge in [-0.1, -0.05) is 38.1 Å². The lowest BCUT2D eigenvalue weighted by molar-refractivity contribution is 0.126. The van der Waals surface area contributed by atoms with Crippen LogP contribution in [-0.4, -0.2) is 37.1 Å². The predicted octanol–water partition coefficient (Wildman–Crippen LogP) is 4.63. The first-order valence-electron chi connectivity index (χ1n) is 10.1. The summed E-state index contributed by atoms with van der Waals surface area (Å²) in [6.07, 6.45) is 2.64. The third-order valence-corrected chi connectivity index (χ3v) is 6.93. The minimum atomic E-state index is -3.67. The van der Waals surface area contributed by atoms with Crippen LogP contribution in [0.25, 0.3) is 0 Å². The minimum Gasteiger partial charge on any atom is -0.465 e. The average Bonchev–Trinajstić information content (AvgIpc) is 2.71. The van der Waals surface area contributed by atoms with Crippen molar-refractivity contribution in [1.82, 2.24) is 4.90 Å². The van der Waals surface area contributed by atoms with Crippen molar-refractivity contribution in [2.24, 2.45) is 0 Å². The largest absolute Gasteiger partial charge is 0.465 e. The van der Waals surface area contributed by atoms with Crippen LogP contribution in [-0.2, 0) is 22.9 Å². The van der Waals surface area contributed by atoms with Crippen molar-refractivity contribution in [3.05, 3.63) is 71.8 Å². The van der Waals surface area contributed by atoms with E-state index < -0.39 is 16.1 Å². The van der Waals surface area contributed by atoms with Crippen LogP contribution in [0.15, 0.2) is 60.0 Å². The molecule has 1 aliphatic carbocycles. The maximum Gasteiger partial charge on any atom is 0.407 e. The highest BCUT2D eigenvalue weighted by atomic mass is 32.2. The van der Waals surface area contributed by atoms with E-state index in [1.807, 2.05) is 24.3 Å². The fourth-order valence-corrected chi connectivity index (χ4v) is 4.88. The first-order valence-corrected chi connectivity index (χ1v) is 11.5. The molecule has 0 saturated carbocycles. The van der Waals surface area contributed by atoms with Gasteiger partial charge in [0.15, 0.2) is 0 Å². The molecule has 0 aromatic heterocycles. The van der Waals surface area contributed by atoms with Gasteiger partial charge in [0.05, 0.1) is 4.90 Å². The van der Waals surface area contributed by atoms with Crippen molar-refractivity contribution >= 4 is 21.8 Å². The zero-order valence-corrected chi connectivity index (χ0v) is 18.2. The molecule has 7 heteroatoms. The van der Waals surface area contributed by atoms with Gasteiger partial charge in [-0.3, -0.25) is 4.72 Å². The van der Waals surface area contributed by atoms with Gasteiger partial charge in [-0.05, 0) is 66.1 Å². The highest BCUT2D eigenvalue weighted by molar-refractivity contribution is 7.92. The molecule has 0 unspecified atom stereocenters. The lowest BCUT2D eigenvalue weighted by atomic mass is 9.87. The van der Waals surface area contributed by atoms with E-state index in [4.69, 9.17) is 0 Å². The number of hydrogen-bond donors (Lipinski definition) is 2. The number of fused-ring (bicyclic) bond motifs is 1. The fraction of sp³-hybridized carbons (Fsp3) is 0.348. The van der Waals surface area contributed by atoms with E-state index in [9.17, 15) is 18.3 Å². The minimum absolute atomic E-state index is 0.102. The Bertz CT molecular complexity index is 1030. The van der Waals surface area contributed by atoms with E-state index in [1.54, 1.807) is 24.3 Å². The summed E-state index contributed by atoms with van der Waals surface area (Å²) in [5.74, 6) is 0.336. The molecule has 0 radical (unpaired) electrons. The zero-order valence-electron chi connectivity index (χ0n) is 17.3. The summed E-state index contributed by atoms with van der Waals surface area (Å²) in [5, 5.41) is 9.43. The van der Waals surface area contributed by atoms with Crippen LogP contribution in [0.1, 0.15) is 42.9 Å². The molecule has 1 aliphatic rings. The average molecular weight is 429 g/mol. The van der Waals surface area contributed by atoms with E-state index >= 15 is 0 Å². The van der Waals surface area contributed by atoms with Crippen LogP contribution in [0.2, 0.25) is 0 Å². The van der Waals surface area contributed by atoms with Crippen LogP contribution < -0.4 is 4.72 Å². The Morgan fingerprint density at radius 2 is 1.93 bits per heavy atom. The molecule has 160 valence electrons. The number of rotatable bonds is 7. The monoisotopic (exact) mass is 428 g/mol. The first kappa shape index (κ1) is 21.9. The molecule has 0 heterocycles. The normalized spacial score (nSPS) is 16.0. The van der Waals surface area contributed by atoms with Crippen LogP contribution in [0.5, 0.6) is 0 Å². The maximum absolute atomic E-state index is 12.7. The summed E-state index contributed by atoms with van der Waals surface area (Å²) in [4.78, 5) is 13.1. The first-order chi connectivity index (χ1) is 14.2. The topological polar surface area (TPSA) is 86.7 Å². The second kappa shape index (κ2) is 8.92. The van der Waals surface area contributed by atoms with Gasteiger partial charge in [0.25, 0.3) is 10.0 Å². The molecular weight excluding hydrogens is 400 g/mol. The molecule has 0 bridgehead atoms. The molecule has 2 aromatic carbocycles. The number of amides is 1. The number of carbonyl (C=O) groups is 1. The van der Waals surface area contributed by atoms with E-state index in [0.717, 1.165) is 16.7 Å². The number of hydrogen-bond acceptors (Lipinski definition) is 3. The van der Waals surface area contributed by atoms with E-state index in [-0.39, 0.29) is 10.9 Å². The van der Waals surface area contributed by atoms with Crippen LogP contribution in [0.4, 0.5) is 10.5 Å². The Morgan fingerprint density at radius 1 is 1.23 bits per heavy atom. The van der Waals surface area contributed by atoms with Gasteiger partial charge in [0, 0.05) is 18.3 Å². The van der Waals surface area contributed by atoms with Gasteiger partial charge >= 0.3 is 6.09 Å². The second-order valence-electron chi connectivity index (χ2n) is 7.93. The molecule has 2 N–H and O–H groups in total. The number of nitrogens with one attached hydrogen (secondary N) is 1. The number of sulfonamides is 1. The highest BCUT2D eigenvalue weighted by Gasteiger charge is 2.27. The molecule has 0 spiro atoms. The molecule has 30 heavy (non-hydrogen) atoms. The standard InChI is InChI=1S/C23H28N2O4S/c1-4-13-25(23(26)27)21-10-6-18-14-20(9-5-19(18)15-21)24-30(28,29)22-11-7-17(8-12-22)16(2)3/h4-5,7-9,11-12,14,16,21,24H,1,6,10,13,15H2,2-3H3,(H,26,27)/t21-/m1/s1. The van der Waals surface area contributed by atoms with Crippen LogP contribution >= 0.6 is 0 Å². The SMILES string of the molecule is C=CCN(C(=O)O)[C@@H]1CCc2cc(NS(=O)(=O)c3ccc(C(C)C)cc3)ccc2C1. The lowest BCUT2D eigenvalue weighted by Gasteiger charge is -2.32. The van der Waals surface area contributed by atoms with Gasteiger partial charge < -0.3 is 10.0 Å². The van der Waals surface area contributed by atoms with E-state index in [0.29, 0.717) is 37.4 Å². The zero-order chi connectivity index (χ0) is 21.9. The van der Waals surface area contributed by atoms with Gasteiger partial charge in [-0.25, -0.2) is 13.2 Å². The molecule has 0 fully saturated rings. The lowest BCUT2D eigenvalue weighted by Crippen LogP contribution is -2.42. The number of aryl methyl sites for hydroxylation is 1. The molecule has 0 saturated heterocycles. The molecule has 2 aromatic rings. The summed E-state index contributed by atoms with van der Waals surface area (Å²) in [5.41, 5.74) is 3.70.